The van der Waals surface area contributed by atoms with Crippen LogP contribution in [0.5, 0.6) is 0 Å². The number of hydrogen-bond donors (Lipinski definition) is 0. The second-order valence-electron chi connectivity index (χ2n) is 16.9. The molecule has 0 amide bonds. The molecule has 0 saturated heterocycles. The molecule has 64 heavy (non-hydrogen) atoms. The minimum atomic E-state index is -0.303. The fourth-order valence-corrected chi connectivity index (χ4v) is 10.5. The fourth-order valence-electron chi connectivity index (χ4n) is 10.5. The highest BCUT2D eigenvalue weighted by molar-refractivity contribution is 6.28. The van der Waals surface area contributed by atoms with Crippen molar-refractivity contribution in [3.63, 3.8) is 0 Å². The third kappa shape index (κ3) is 5.17. The van der Waals surface area contributed by atoms with Crippen molar-refractivity contribution < 1.29 is 11.0 Å². The van der Waals surface area contributed by atoms with Crippen molar-refractivity contribution in [3.8, 4) is 44.5 Å². The van der Waals surface area contributed by atoms with Crippen LogP contribution in [0.25, 0.3) is 141 Å². The Morgan fingerprint density at radius 1 is 0.203 bits per heavy atom. The summed E-state index contributed by atoms with van der Waals surface area (Å²) in [5.74, 6) is 0. The molecule has 14 aromatic carbocycles. The zero-order valence-electron chi connectivity index (χ0n) is 42.3. The van der Waals surface area contributed by atoms with Crippen molar-refractivity contribution >= 4 is 97.0 Å². The molecule has 0 heterocycles. The molecule has 0 aliphatic heterocycles. The first-order valence-corrected chi connectivity index (χ1v) is 21.7. The van der Waals surface area contributed by atoms with E-state index in [2.05, 4.69) is 97.1 Å². The van der Waals surface area contributed by atoms with Gasteiger partial charge in [-0.1, -0.05) is 206 Å². The lowest BCUT2D eigenvalue weighted by Crippen LogP contribution is -1.91. The van der Waals surface area contributed by atoms with E-state index in [1.807, 2.05) is 84.9 Å². The summed E-state index contributed by atoms with van der Waals surface area (Å²) in [5, 5.41) is 13.4. The summed E-state index contributed by atoms with van der Waals surface area (Å²) in [6.45, 7) is 0. The summed E-state index contributed by atoms with van der Waals surface area (Å²) in [6, 6.07) is 59.9. The number of rotatable bonds is 4. The fraction of sp³-hybridized carbons (Fsp3) is 0. The molecular weight excluding hydrogens is 769 g/mol. The zero-order chi connectivity index (χ0) is 48.8. The topological polar surface area (TPSA) is 0 Å². The van der Waals surface area contributed by atoms with Crippen LogP contribution in [0, 0.1) is 0 Å². The summed E-state index contributed by atoms with van der Waals surface area (Å²) in [4.78, 5) is 0. The summed E-state index contributed by atoms with van der Waals surface area (Å²) in [6.07, 6.45) is 0. The molecule has 0 unspecified atom stereocenters. The van der Waals surface area contributed by atoms with Crippen molar-refractivity contribution in [2.24, 2.45) is 0 Å². The molecule has 294 valence electrons. The Bertz CT molecular complexity index is 4420. The highest BCUT2D eigenvalue weighted by Gasteiger charge is 2.19. The third-order valence-corrected chi connectivity index (χ3v) is 13.5. The van der Waals surface area contributed by atoms with E-state index in [1.54, 1.807) is 0 Å². The van der Waals surface area contributed by atoms with Crippen LogP contribution in [0.3, 0.4) is 0 Å². The molecule has 0 radical (unpaired) electrons. The number of hydrogen-bond acceptors (Lipinski definition) is 0. The van der Waals surface area contributed by atoms with Crippen LogP contribution in [0.1, 0.15) is 11.0 Å². The van der Waals surface area contributed by atoms with E-state index in [4.69, 9.17) is 0 Å². The van der Waals surface area contributed by atoms with E-state index in [0.717, 1.165) is 86.9 Å². The van der Waals surface area contributed by atoms with Gasteiger partial charge < -0.3 is 0 Å². The lowest BCUT2D eigenvalue weighted by atomic mass is 9.85. The predicted octanol–water partition coefficient (Wildman–Crippen LogP) is 18.2. The van der Waals surface area contributed by atoms with Gasteiger partial charge in [0.15, 0.2) is 0 Å². The Labute approximate surface area is 381 Å². The predicted molar refractivity (Wildman–Crippen MR) is 277 cm³/mol. The van der Waals surface area contributed by atoms with Gasteiger partial charge in [-0.2, -0.15) is 0 Å². The Balaban J connectivity index is 1.07. The third-order valence-electron chi connectivity index (χ3n) is 13.5. The van der Waals surface area contributed by atoms with Crippen LogP contribution >= 0.6 is 0 Å². The normalized spacial score (nSPS) is 13.8. The van der Waals surface area contributed by atoms with E-state index in [1.165, 1.54) is 0 Å². The van der Waals surface area contributed by atoms with Gasteiger partial charge in [-0.05, 0) is 166 Å². The number of benzene rings is 14. The smallest absolute Gasteiger partial charge is 0.0616 e. The maximum absolute atomic E-state index is 9.74. The van der Waals surface area contributed by atoms with E-state index >= 15 is 0 Å². The van der Waals surface area contributed by atoms with Crippen molar-refractivity contribution in [3.05, 3.63) is 230 Å². The zero-order valence-corrected chi connectivity index (χ0v) is 34.3. The van der Waals surface area contributed by atoms with Crippen LogP contribution in [-0.4, -0.2) is 0 Å². The molecule has 0 aromatic heterocycles. The highest BCUT2D eigenvalue weighted by atomic mass is 14.2. The number of fused-ring (bicyclic) bond motifs is 8. The molecule has 0 heteroatoms. The van der Waals surface area contributed by atoms with Crippen molar-refractivity contribution in [1.82, 2.24) is 0 Å². The first-order valence-electron chi connectivity index (χ1n) is 25.7. The molecule has 14 aromatic rings. The van der Waals surface area contributed by atoms with E-state index in [0.29, 0.717) is 11.1 Å². The molecule has 14 rings (SSSR count). The summed E-state index contributed by atoms with van der Waals surface area (Å²) in [5.41, 5.74) is 5.93. The molecular formula is C64H38. The molecule has 0 fully saturated rings. The lowest BCUT2D eigenvalue weighted by Gasteiger charge is -2.18. The molecule has 0 bridgehead atoms. The van der Waals surface area contributed by atoms with Crippen molar-refractivity contribution in [2.75, 3.05) is 0 Å². The van der Waals surface area contributed by atoms with Gasteiger partial charge in [0.25, 0.3) is 0 Å². The first kappa shape index (κ1) is 28.3. The van der Waals surface area contributed by atoms with Crippen molar-refractivity contribution in [2.45, 2.75) is 0 Å². The maximum Gasteiger partial charge on any atom is 0.0630 e. The summed E-state index contributed by atoms with van der Waals surface area (Å²) in [7, 11) is 0. The van der Waals surface area contributed by atoms with E-state index < -0.39 is 0 Å². The highest BCUT2D eigenvalue weighted by Crippen LogP contribution is 2.46. The van der Waals surface area contributed by atoms with Gasteiger partial charge in [0.2, 0.25) is 0 Å². The Morgan fingerprint density at radius 3 is 1.06 bits per heavy atom. The van der Waals surface area contributed by atoms with Gasteiger partial charge in [0.05, 0.1) is 11.0 Å². The largest absolute Gasteiger partial charge is 0.0630 e. The lowest BCUT2D eigenvalue weighted by molar-refractivity contribution is 1.68. The molecule has 0 atom stereocenters. The minimum Gasteiger partial charge on any atom is -0.0616 e. The summed E-state index contributed by atoms with van der Waals surface area (Å²) < 4.78 is 77.5. The second kappa shape index (κ2) is 13.6. The van der Waals surface area contributed by atoms with Gasteiger partial charge in [0.1, 0.15) is 0 Å². The Hall–Kier alpha value is -8.32. The van der Waals surface area contributed by atoms with Crippen LogP contribution in [0.4, 0.5) is 0 Å². The van der Waals surface area contributed by atoms with Crippen LogP contribution < -0.4 is 0 Å². The monoisotopic (exact) mass is 814 g/mol. The molecule has 0 nitrogen and oxygen atoms in total. The minimum absolute atomic E-state index is 0.0200. The van der Waals surface area contributed by atoms with Crippen LogP contribution in [-0.2, 0) is 0 Å². The van der Waals surface area contributed by atoms with Crippen LogP contribution in [0.2, 0.25) is 0 Å². The molecule has 0 aliphatic carbocycles. The standard InChI is InChI=1S/C64H38/c1-5-17-47-39(11-1)15-9-21-53(47)61-35-43-13-3-7-19-49(43)59-37-45(27-31-55(59)61)51-29-23-41-26-34-58-52(30-24-42-25-33-57(51)63(41)64(42)58)46-28-32-56-60(38-46)50-20-8-4-14-44(50)36-62(56)54-22-10-16-40-12-2-6-18-48(40)54/h1-38H/i23D,24D,25D,26D,29D,30D,33D,34D. The van der Waals surface area contributed by atoms with Crippen LogP contribution in [0.15, 0.2) is 230 Å². The molecule has 0 spiro atoms. The molecule has 0 N–H and O–H groups in total. The Kier molecular flexibility index (Phi) is 6.01. The van der Waals surface area contributed by atoms with E-state index in [9.17, 15) is 11.0 Å². The second-order valence-corrected chi connectivity index (χ2v) is 16.9. The van der Waals surface area contributed by atoms with Gasteiger partial charge in [-0.15, -0.1) is 0 Å². The first-order chi connectivity index (χ1) is 35.1. The average molecular weight is 815 g/mol. The van der Waals surface area contributed by atoms with Crippen molar-refractivity contribution in [1.29, 1.82) is 0 Å². The van der Waals surface area contributed by atoms with Gasteiger partial charge in [-0.25, -0.2) is 0 Å². The maximum atomic E-state index is 9.74. The molecule has 0 aliphatic rings. The SMILES string of the molecule is [2H]c1c([2H])c2c([2H])c([2H])c3c(-c4ccc5c(-c6cccc7ccccc67)cc6ccccc6c5c4)c([2H])c([2H])c4c([2H])c([2H])c(c1-c1ccc5c(-c6cccc7ccccc67)cc6ccccc6c5c1)c2c43. The summed E-state index contributed by atoms with van der Waals surface area (Å²) >= 11 is 0. The van der Waals surface area contributed by atoms with Gasteiger partial charge >= 0.3 is 0 Å². The van der Waals surface area contributed by atoms with Gasteiger partial charge in [0, 0.05) is 0 Å². The molecule has 0 saturated carbocycles. The van der Waals surface area contributed by atoms with E-state index in [-0.39, 0.29) is 91.8 Å². The Morgan fingerprint density at radius 2 is 0.594 bits per heavy atom. The average Bonchev–Trinajstić information content (AvgIpc) is 3.41. The quantitative estimate of drug-likeness (QED) is 0.155. The van der Waals surface area contributed by atoms with Gasteiger partial charge in [-0.3, -0.25) is 0 Å².